The standard InChI is InChI=1S/C20H17NO3/c1-21-16-12-6-5-11-15(16)19(23)18(20(21)24)17(22)13-7-10-14-8-3-2-4-9-14/h2-9,11-13,23H,10H2,1H3. The molecule has 1 aromatic heterocycles. The molecule has 1 N–H and O–H groups in total. The first-order valence-electron chi connectivity index (χ1n) is 7.65. The van der Waals surface area contributed by atoms with Crippen molar-refractivity contribution >= 4 is 16.7 Å². The molecule has 3 rings (SSSR count). The topological polar surface area (TPSA) is 59.3 Å². The lowest BCUT2D eigenvalue weighted by Crippen LogP contribution is -2.24. The number of rotatable bonds is 4. The number of fused-ring (bicyclic) bond motifs is 1. The average molecular weight is 319 g/mol. The molecule has 0 unspecified atom stereocenters. The number of hydrogen-bond donors (Lipinski definition) is 1. The van der Waals surface area contributed by atoms with Crippen molar-refractivity contribution in [1.29, 1.82) is 0 Å². The largest absolute Gasteiger partial charge is 0.506 e. The molecule has 1 heterocycles. The maximum atomic E-state index is 12.4. The lowest BCUT2D eigenvalue weighted by atomic mass is 10.1. The molecule has 0 radical (unpaired) electrons. The van der Waals surface area contributed by atoms with E-state index in [0.29, 0.717) is 17.3 Å². The zero-order valence-electron chi connectivity index (χ0n) is 13.3. The van der Waals surface area contributed by atoms with Crippen LogP contribution < -0.4 is 5.56 Å². The number of para-hydroxylation sites is 1. The molecule has 24 heavy (non-hydrogen) atoms. The second kappa shape index (κ2) is 6.54. The summed E-state index contributed by atoms with van der Waals surface area (Å²) >= 11 is 0. The number of aromatic hydroxyl groups is 1. The van der Waals surface area contributed by atoms with Gasteiger partial charge in [0.05, 0.1) is 5.52 Å². The molecule has 0 aliphatic carbocycles. The second-order valence-corrected chi connectivity index (χ2v) is 5.56. The van der Waals surface area contributed by atoms with Crippen molar-refractivity contribution < 1.29 is 9.90 Å². The maximum Gasteiger partial charge on any atom is 0.265 e. The van der Waals surface area contributed by atoms with Gasteiger partial charge in [0.25, 0.3) is 5.56 Å². The summed E-state index contributed by atoms with van der Waals surface area (Å²) in [4.78, 5) is 24.8. The number of aromatic nitrogens is 1. The van der Waals surface area contributed by atoms with Gasteiger partial charge in [-0.05, 0) is 30.2 Å². The predicted molar refractivity (Wildman–Crippen MR) is 94.5 cm³/mol. The van der Waals surface area contributed by atoms with Gasteiger partial charge >= 0.3 is 0 Å². The van der Waals surface area contributed by atoms with Crippen molar-refractivity contribution in [2.45, 2.75) is 6.42 Å². The Kier molecular flexibility index (Phi) is 4.29. The lowest BCUT2D eigenvalue weighted by molar-refractivity contribution is 0.104. The van der Waals surface area contributed by atoms with E-state index in [2.05, 4.69) is 0 Å². The molecule has 2 aromatic carbocycles. The van der Waals surface area contributed by atoms with Gasteiger partial charge in [-0.3, -0.25) is 9.59 Å². The molecule has 0 aliphatic heterocycles. The highest BCUT2D eigenvalue weighted by Gasteiger charge is 2.18. The van der Waals surface area contributed by atoms with E-state index in [1.165, 1.54) is 10.6 Å². The summed E-state index contributed by atoms with van der Waals surface area (Å²) in [5.41, 5.74) is 0.961. The second-order valence-electron chi connectivity index (χ2n) is 5.56. The summed E-state index contributed by atoms with van der Waals surface area (Å²) in [5.74, 6) is -0.752. The summed E-state index contributed by atoms with van der Waals surface area (Å²) < 4.78 is 1.38. The molecular weight excluding hydrogens is 302 g/mol. The Bertz CT molecular complexity index is 985. The molecule has 4 nitrogen and oxygen atoms in total. The van der Waals surface area contributed by atoms with Crippen LogP contribution in [0.5, 0.6) is 5.75 Å². The van der Waals surface area contributed by atoms with Crippen LogP contribution in [-0.2, 0) is 13.5 Å². The number of benzene rings is 2. The number of pyridine rings is 1. The van der Waals surface area contributed by atoms with E-state index in [9.17, 15) is 14.7 Å². The van der Waals surface area contributed by atoms with Gasteiger partial charge in [-0.1, -0.05) is 48.5 Å². The molecule has 0 aliphatic rings. The van der Waals surface area contributed by atoms with Gasteiger partial charge in [0.15, 0.2) is 5.78 Å². The van der Waals surface area contributed by atoms with Gasteiger partial charge in [-0.15, -0.1) is 0 Å². The Morgan fingerprint density at radius 2 is 1.75 bits per heavy atom. The highest BCUT2D eigenvalue weighted by atomic mass is 16.3. The summed E-state index contributed by atoms with van der Waals surface area (Å²) in [6, 6.07) is 16.7. The Morgan fingerprint density at radius 3 is 2.50 bits per heavy atom. The van der Waals surface area contributed by atoms with E-state index in [1.54, 1.807) is 37.4 Å². The van der Waals surface area contributed by atoms with E-state index in [4.69, 9.17) is 0 Å². The van der Waals surface area contributed by atoms with Gasteiger partial charge in [0, 0.05) is 12.4 Å². The SMILES string of the molecule is Cn1c(=O)c(C(=O)C=CCc2ccccc2)c(O)c2ccccc21. The first-order valence-corrected chi connectivity index (χ1v) is 7.65. The van der Waals surface area contributed by atoms with Crippen LogP contribution in [0.25, 0.3) is 10.9 Å². The summed E-state index contributed by atoms with van der Waals surface area (Å²) in [6.07, 6.45) is 3.63. The molecule has 120 valence electrons. The number of aryl methyl sites for hydroxylation is 1. The van der Waals surface area contributed by atoms with E-state index in [0.717, 1.165) is 5.56 Å². The third-order valence-electron chi connectivity index (χ3n) is 3.99. The fourth-order valence-electron chi connectivity index (χ4n) is 2.70. The van der Waals surface area contributed by atoms with E-state index in [-0.39, 0.29) is 11.3 Å². The van der Waals surface area contributed by atoms with E-state index >= 15 is 0 Å². The van der Waals surface area contributed by atoms with Crippen molar-refractivity contribution in [1.82, 2.24) is 4.57 Å². The van der Waals surface area contributed by atoms with Crippen molar-refractivity contribution in [2.24, 2.45) is 7.05 Å². The fourth-order valence-corrected chi connectivity index (χ4v) is 2.70. The van der Waals surface area contributed by atoms with E-state index in [1.807, 2.05) is 30.3 Å². The van der Waals surface area contributed by atoms with Gasteiger partial charge in [0.2, 0.25) is 0 Å². The predicted octanol–water partition coefficient (Wildman–Crippen LogP) is 3.23. The van der Waals surface area contributed by atoms with Crippen LogP contribution in [0.15, 0.2) is 71.5 Å². The smallest absolute Gasteiger partial charge is 0.265 e. The number of nitrogens with zero attached hydrogens (tertiary/aromatic N) is 1. The van der Waals surface area contributed by atoms with E-state index < -0.39 is 11.3 Å². The van der Waals surface area contributed by atoms with Crippen molar-refractivity contribution in [3.8, 4) is 5.75 Å². The molecule has 0 saturated carbocycles. The minimum absolute atomic E-state index is 0.194. The Labute approximate surface area is 139 Å². The molecule has 0 fully saturated rings. The zero-order chi connectivity index (χ0) is 17.1. The summed E-state index contributed by atoms with van der Waals surface area (Å²) in [5, 5.41) is 10.9. The van der Waals surface area contributed by atoms with Crippen molar-refractivity contribution in [2.75, 3.05) is 0 Å². The number of hydrogen-bond acceptors (Lipinski definition) is 3. The van der Waals surface area contributed by atoms with Gasteiger partial charge in [-0.25, -0.2) is 0 Å². The molecule has 0 amide bonds. The molecule has 4 heteroatoms. The van der Waals surface area contributed by atoms with Crippen LogP contribution in [0.4, 0.5) is 0 Å². The molecule has 0 bridgehead atoms. The Morgan fingerprint density at radius 1 is 1.08 bits per heavy atom. The minimum atomic E-state index is -0.499. The molecule has 3 aromatic rings. The minimum Gasteiger partial charge on any atom is -0.506 e. The third-order valence-corrected chi connectivity index (χ3v) is 3.99. The number of ketones is 1. The summed E-state index contributed by atoms with van der Waals surface area (Å²) in [6.45, 7) is 0. The zero-order valence-corrected chi connectivity index (χ0v) is 13.3. The normalized spacial score (nSPS) is 11.2. The van der Waals surface area contributed by atoms with Crippen LogP contribution >= 0.6 is 0 Å². The first kappa shape index (κ1) is 15.7. The number of allylic oxidation sites excluding steroid dienone is 2. The number of carbonyl (C=O) groups is 1. The molecule has 0 atom stereocenters. The lowest BCUT2D eigenvalue weighted by Gasteiger charge is -2.09. The third kappa shape index (κ3) is 2.86. The molecule has 0 saturated heterocycles. The first-order chi connectivity index (χ1) is 11.6. The van der Waals surface area contributed by atoms with Crippen LogP contribution in [-0.4, -0.2) is 15.5 Å². The van der Waals surface area contributed by atoms with Crippen LogP contribution in [0.2, 0.25) is 0 Å². The molecule has 0 spiro atoms. The highest BCUT2D eigenvalue weighted by molar-refractivity contribution is 6.09. The van der Waals surface area contributed by atoms with Crippen LogP contribution in [0.3, 0.4) is 0 Å². The quantitative estimate of drug-likeness (QED) is 0.593. The van der Waals surface area contributed by atoms with Crippen molar-refractivity contribution in [3.63, 3.8) is 0 Å². The summed E-state index contributed by atoms with van der Waals surface area (Å²) in [7, 11) is 1.59. The number of carbonyl (C=O) groups excluding carboxylic acids is 1. The Balaban J connectivity index is 1.97. The fraction of sp³-hybridized carbons (Fsp3) is 0.100. The van der Waals surface area contributed by atoms with Gasteiger partial charge < -0.3 is 9.67 Å². The Hall–Kier alpha value is -3.14. The molecular formula is C20H17NO3. The van der Waals surface area contributed by atoms with Crippen LogP contribution in [0, 0.1) is 0 Å². The van der Waals surface area contributed by atoms with Gasteiger partial charge in [-0.2, -0.15) is 0 Å². The van der Waals surface area contributed by atoms with Crippen molar-refractivity contribution in [3.05, 3.63) is 88.2 Å². The highest BCUT2D eigenvalue weighted by Crippen LogP contribution is 2.26. The average Bonchev–Trinajstić information content (AvgIpc) is 2.61. The monoisotopic (exact) mass is 319 g/mol. The maximum absolute atomic E-state index is 12.4. The van der Waals surface area contributed by atoms with Crippen LogP contribution in [0.1, 0.15) is 15.9 Å². The van der Waals surface area contributed by atoms with Gasteiger partial charge in [0.1, 0.15) is 11.3 Å².